The smallest absolute Gasteiger partial charge is 0.264 e. The quantitative estimate of drug-likeness (QED) is 0.198. The number of carbonyl (C=O) groups is 2. The van der Waals surface area contributed by atoms with Crippen molar-refractivity contribution in [2.24, 2.45) is 0 Å². The maximum Gasteiger partial charge on any atom is 0.264 e. The summed E-state index contributed by atoms with van der Waals surface area (Å²) in [7, 11) is -4.22. The number of sulfonamides is 1. The molecule has 0 aromatic heterocycles. The normalized spacial score (nSPS) is 11.9. The molecule has 4 aromatic rings. The van der Waals surface area contributed by atoms with Crippen molar-refractivity contribution in [3.63, 3.8) is 0 Å². The van der Waals surface area contributed by atoms with Gasteiger partial charge in [-0.1, -0.05) is 96.0 Å². The highest BCUT2D eigenvalue weighted by molar-refractivity contribution is 7.92. The van der Waals surface area contributed by atoms with Crippen LogP contribution < -0.4 is 9.62 Å². The van der Waals surface area contributed by atoms with Gasteiger partial charge in [-0.15, -0.1) is 0 Å². The van der Waals surface area contributed by atoms with E-state index in [1.807, 2.05) is 30.3 Å². The van der Waals surface area contributed by atoms with Crippen molar-refractivity contribution >= 4 is 50.7 Å². The number of hydrogen-bond donors (Lipinski definition) is 1. The number of nitrogens with zero attached hydrogens (tertiary/aromatic N) is 2. The molecule has 0 heterocycles. The van der Waals surface area contributed by atoms with E-state index in [2.05, 4.69) is 5.32 Å². The lowest BCUT2D eigenvalue weighted by molar-refractivity contribution is -0.140. The van der Waals surface area contributed by atoms with Gasteiger partial charge < -0.3 is 10.2 Å². The van der Waals surface area contributed by atoms with Gasteiger partial charge in [0.05, 0.1) is 10.6 Å². The molecule has 7 nitrogen and oxygen atoms in total. The van der Waals surface area contributed by atoms with E-state index in [4.69, 9.17) is 23.2 Å². The van der Waals surface area contributed by atoms with Crippen LogP contribution in [-0.4, -0.2) is 44.3 Å². The minimum absolute atomic E-state index is 0.0130. The van der Waals surface area contributed by atoms with Crippen LogP contribution in [0.2, 0.25) is 10.0 Å². The van der Waals surface area contributed by atoms with Gasteiger partial charge in [0.2, 0.25) is 11.8 Å². The van der Waals surface area contributed by atoms with Crippen molar-refractivity contribution in [3.8, 4) is 0 Å². The SMILES string of the molecule is CCNC(=O)C(Cc1ccccc1)N(Cc1ccccc1Cl)C(=O)CN(c1cc(Cl)ccc1C)S(=O)(=O)c1ccccc1. The average molecular weight is 639 g/mol. The molecule has 0 spiro atoms. The molecule has 1 atom stereocenters. The molecule has 1 N–H and O–H groups in total. The third-order valence-corrected chi connectivity index (χ3v) is 9.35. The number of carbonyl (C=O) groups excluding carboxylic acids is 2. The highest BCUT2D eigenvalue weighted by atomic mass is 35.5. The number of hydrogen-bond acceptors (Lipinski definition) is 4. The van der Waals surface area contributed by atoms with E-state index in [-0.39, 0.29) is 29.5 Å². The molecular formula is C33H33Cl2N3O4S. The standard InChI is InChI=1S/C33H33Cl2N3O4S/c1-3-36-33(40)31(20-25-12-6-4-7-13-25)37(22-26-14-10-11-17-29(26)35)32(39)23-38(30-21-27(34)19-18-24(30)2)43(41,42)28-15-8-5-9-16-28/h4-19,21,31H,3,20,22-23H2,1-2H3,(H,36,40). The second-order valence-electron chi connectivity index (χ2n) is 9.97. The van der Waals surface area contributed by atoms with Crippen LogP contribution in [0.5, 0.6) is 0 Å². The van der Waals surface area contributed by atoms with Crippen LogP contribution in [0.3, 0.4) is 0 Å². The van der Waals surface area contributed by atoms with E-state index < -0.39 is 28.5 Å². The van der Waals surface area contributed by atoms with Crippen molar-refractivity contribution in [3.05, 3.63) is 130 Å². The molecule has 2 amide bonds. The maximum absolute atomic E-state index is 14.4. The van der Waals surface area contributed by atoms with Crippen LogP contribution >= 0.6 is 23.2 Å². The number of rotatable bonds is 12. The zero-order chi connectivity index (χ0) is 31.0. The van der Waals surface area contributed by atoms with Gasteiger partial charge in [0.15, 0.2) is 0 Å². The molecule has 4 rings (SSSR count). The Morgan fingerprint density at radius 2 is 1.49 bits per heavy atom. The van der Waals surface area contributed by atoms with Crippen molar-refractivity contribution in [1.29, 1.82) is 0 Å². The summed E-state index contributed by atoms with van der Waals surface area (Å²) in [5.41, 5.74) is 2.34. The van der Waals surface area contributed by atoms with Crippen LogP contribution in [-0.2, 0) is 32.6 Å². The zero-order valence-corrected chi connectivity index (χ0v) is 26.2. The van der Waals surface area contributed by atoms with Gasteiger partial charge in [-0.2, -0.15) is 0 Å². The van der Waals surface area contributed by atoms with Gasteiger partial charge in [-0.05, 0) is 60.9 Å². The number of likely N-dealkylation sites (N-methyl/N-ethyl adjacent to an activating group) is 1. The van der Waals surface area contributed by atoms with E-state index in [0.717, 1.165) is 9.87 Å². The number of halogens is 2. The molecule has 1 unspecified atom stereocenters. The van der Waals surface area contributed by atoms with Crippen molar-refractivity contribution in [1.82, 2.24) is 10.2 Å². The van der Waals surface area contributed by atoms with Crippen LogP contribution in [0.25, 0.3) is 0 Å². The number of anilines is 1. The third-order valence-electron chi connectivity index (χ3n) is 6.97. The van der Waals surface area contributed by atoms with Crippen LogP contribution in [0.15, 0.2) is 108 Å². The van der Waals surface area contributed by atoms with E-state index in [0.29, 0.717) is 27.7 Å². The molecule has 0 saturated carbocycles. The lowest BCUT2D eigenvalue weighted by atomic mass is 10.0. The summed E-state index contributed by atoms with van der Waals surface area (Å²) in [6.07, 6.45) is 0.213. The molecule has 0 aliphatic rings. The van der Waals surface area contributed by atoms with Gasteiger partial charge in [-0.25, -0.2) is 8.42 Å². The third kappa shape index (κ3) is 7.96. The molecule has 4 aromatic carbocycles. The predicted octanol–water partition coefficient (Wildman–Crippen LogP) is 6.27. The molecule has 10 heteroatoms. The first-order valence-corrected chi connectivity index (χ1v) is 16.0. The predicted molar refractivity (Wildman–Crippen MR) is 172 cm³/mol. The minimum atomic E-state index is -4.22. The molecule has 0 fully saturated rings. The molecular weight excluding hydrogens is 605 g/mol. The Kier molecular flexibility index (Phi) is 10.9. The minimum Gasteiger partial charge on any atom is -0.355 e. The Hall–Kier alpha value is -3.85. The van der Waals surface area contributed by atoms with Gasteiger partial charge >= 0.3 is 0 Å². The van der Waals surface area contributed by atoms with Gasteiger partial charge in [0, 0.05) is 29.6 Å². The van der Waals surface area contributed by atoms with E-state index >= 15 is 0 Å². The Morgan fingerprint density at radius 3 is 2.14 bits per heavy atom. The summed E-state index contributed by atoms with van der Waals surface area (Å²) in [6.45, 7) is 3.31. The Bertz CT molecular complexity index is 1670. The summed E-state index contributed by atoms with van der Waals surface area (Å²) in [4.78, 5) is 29.4. The molecule has 224 valence electrons. The average Bonchev–Trinajstić information content (AvgIpc) is 3.00. The Balaban J connectivity index is 1.83. The highest BCUT2D eigenvalue weighted by Crippen LogP contribution is 2.30. The largest absolute Gasteiger partial charge is 0.355 e. The first-order valence-electron chi connectivity index (χ1n) is 13.8. The fraction of sp³-hybridized carbons (Fsp3) is 0.212. The van der Waals surface area contributed by atoms with Crippen LogP contribution in [0.1, 0.15) is 23.6 Å². The Morgan fingerprint density at radius 1 is 0.860 bits per heavy atom. The number of amides is 2. The molecule has 0 aliphatic carbocycles. The number of aryl methyl sites for hydroxylation is 1. The van der Waals surface area contributed by atoms with Crippen LogP contribution in [0.4, 0.5) is 5.69 Å². The molecule has 0 bridgehead atoms. The number of benzene rings is 4. The molecule has 0 radical (unpaired) electrons. The topological polar surface area (TPSA) is 86.8 Å². The Labute approximate surface area is 263 Å². The second kappa shape index (κ2) is 14.6. The fourth-order valence-corrected chi connectivity index (χ4v) is 6.59. The summed E-state index contributed by atoms with van der Waals surface area (Å²) in [5.74, 6) is -0.936. The lowest BCUT2D eigenvalue weighted by Crippen LogP contribution is -2.53. The van der Waals surface area contributed by atoms with E-state index in [1.165, 1.54) is 23.1 Å². The van der Waals surface area contributed by atoms with Crippen LogP contribution in [0, 0.1) is 6.92 Å². The second-order valence-corrected chi connectivity index (χ2v) is 12.7. The van der Waals surface area contributed by atoms with E-state index in [9.17, 15) is 18.0 Å². The zero-order valence-electron chi connectivity index (χ0n) is 23.9. The molecule has 0 aliphatic heterocycles. The summed E-state index contributed by atoms with van der Waals surface area (Å²) in [6, 6.07) is 28.2. The first-order chi connectivity index (χ1) is 20.6. The molecule has 43 heavy (non-hydrogen) atoms. The summed E-state index contributed by atoms with van der Waals surface area (Å²) in [5, 5.41) is 3.59. The van der Waals surface area contributed by atoms with E-state index in [1.54, 1.807) is 68.4 Å². The fourth-order valence-electron chi connectivity index (χ4n) is 4.74. The monoisotopic (exact) mass is 637 g/mol. The lowest BCUT2D eigenvalue weighted by Gasteiger charge is -2.34. The van der Waals surface area contributed by atoms with Crippen molar-refractivity contribution in [2.75, 3.05) is 17.4 Å². The van der Waals surface area contributed by atoms with Gasteiger partial charge in [0.25, 0.3) is 10.0 Å². The molecule has 0 saturated heterocycles. The highest BCUT2D eigenvalue weighted by Gasteiger charge is 2.35. The summed E-state index contributed by atoms with van der Waals surface area (Å²) >= 11 is 12.8. The maximum atomic E-state index is 14.4. The summed E-state index contributed by atoms with van der Waals surface area (Å²) < 4.78 is 29.2. The van der Waals surface area contributed by atoms with Crippen molar-refractivity contribution < 1.29 is 18.0 Å². The number of nitrogens with one attached hydrogen (secondary N) is 1. The van der Waals surface area contributed by atoms with Gasteiger partial charge in [-0.3, -0.25) is 13.9 Å². The van der Waals surface area contributed by atoms with Gasteiger partial charge in [0.1, 0.15) is 12.6 Å². The first kappa shape index (κ1) is 32.1. The van der Waals surface area contributed by atoms with Crippen molar-refractivity contribution in [2.45, 2.75) is 37.8 Å².